The summed E-state index contributed by atoms with van der Waals surface area (Å²) in [5, 5.41) is 2.62. The van der Waals surface area contributed by atoms with Gasteiger partial charge in [0.15, 0.2) is 0 Å². The molecule has 8 aromatic carbocycles. The highest BCUT2D eigenvalue weighted by Crippen LogP contribution is 2.59. The summed E-state index contributed by atoms with van der Waals surface area (Å²) in [6.45, 7) is 3.00. The first kappa shape index (κ1) is 12.9. The highest BCUT2D eigenvalue weighted by molar-refractivity contribution is 5.96. The van der Waals surface area contributed by atoms with E-state index in [-0.39, 0.29) is 22.3 Å². The van der Waals surface area contributed by atoms with E-state index in [2.05, 4.69) is 5.32 Å². The van der Waals surface area contributed by atoms with Crippen LogP contribution in [0.3, 0.4) is 0 Å². The van der Waals surface area contributed by atoms with Gasteiger partial charge in [-0.2, -0.15) is 0 Å². The zero-order chi connectivity index (χ0) is 62.5. The van der Waals surface area contributed by atoms with Crippen LogP contribution in [0.15, 0.2) is 193 Å². The van der Waals surface area contributed by atoms with Gasteiger partial charge in [-0.3, -0.25) is 0 Å². The Morgan fingerprint density at radius 2 is 0.925 bits per heavy atom. The van der Waals surface area contributed by atoms with Crippen LogP contribution >= 0.6 is 0 Å². The summed E-state index contributed by atoms with van der Waals surface area (Å²) in [5.41, 5.74) is -14.6. The summed E-state index contributed by atoms with van der Waals surface area (Å²) < 4.78 is 282. The summed E-state index contributed by atoms with van der Waals surface area (Å²) in [6, 6.07) is -29.0. The van der Waals surface area contributed by atoms with Gasteiger partial charge in [-0.25, -0.2) is 0 Å². The molecule has 0 aliphatic heterocycles. The molecular weight excluding hydrogens is 639 g/mol. The van der Waals surface area contributed by atoms with Crippen LogP contribution in [0.2, 0.25) is 0 Å². The smallest absolute Gasteiger partial charge is 0.0714 e. The van der Waals surface area contributed by atoms with E-state index >= 15 is 0 Å². The molecule has 0 aromatic heterocycles. The predicted molar refractivity (Wildman–Crippen MR) is 222 cm³/mol. The maximum atomic E-state index is 9.90. The van der Waals surface area contributed by atoms with Gasteiger partial charge in [0.1, 0.15) is 0 Å². The van der Waals surface area contributed by atoms with E-state index in [0.29, 0.717) is 0 Å². The molecule has 0 saturated heterocycles. The summed E-state index contributed by atoms with van der Waals surface area (Å²) in [4.78, 5) is 0. The van der Waals surface area contributed by atoms with Gasteiger partial charge >= 0.3 is 0 Å². The van der Waals surface area contributed by atoms with Gasteiger partial charge in [-0.1, -0.05) is 183 Å². The minimum Gasteiger partial charge on any atom is -0.356 e. The standard InChI is InChI=1S/C52H39N/c1-51(2)46-26-13-12-22-43(46)44-25-14-24-42(50(44)51)36-28-30-39(31-29-36)53-40-32-33-45-48(34-40)52(37-18-8-4-9-19-37,38-20-10-5-11-21-38)47-27-15-23-41(49(45)47)35-16-6-3-7-17-35/h3-34,53H,1-2H3/i3D,4D,5D,6D,7D,8D,9D,10D,11D,12D,13D,14D,15D,16D,17D,18D,19D,20D,21D,22D,23D,24D,25D,26D,27D,28D,29D,30D,31D,32D,33D. The Balaban J connectivity index is 1.37. The van der Waals surface area contributed by atoms with Crippen molar-refractivity contribution in [3.05, 3.63) is 227 Å². The molecule has 0 heterocycles. The maximum Gasteiger partial charge on any atom is 0.0714 e. The number of benzene rings is 8. The Morgan fingerprint density at radius 3 is 1.64 bits per heavy atom. The van der Waals surface area contributed by atoms with Gasteiger partial charge in [0.25, 0.3) is 0 Å². The third kappa shape index (κ3) is 4.70. The van der Waals surface area contributed by atoms with Gasteiger partial charge in [-0.05, 0) is 102 Å². The minimum absolute atomic E-state index is 0.0381. The second-order valence-electron chi connectivity index (χ2n) is 12.6. The lowest BCUT2D eigenvalue weighted by Gasteiger charge is -2.34. The number of hydrogen-bond donors (Lipinski definition) is 1. The molecule has 0 fully saturated rings. The highest BCUT2D eigenvalue weighted by atomic mass is 14.9. The Morgan fingerprint density at radius 1 is 0.396 bits per heavy atom. The Labute approximate surface area is 355 Å². The fourth-order valence-electron chi connectivity index (χ4n) is 7.30. The molecule has 0 unspecified atom stereocenters. The molecule has 0 atom stereocenters. The third-order valence-electron chi connectivity index (χ3n) is 9.48. The lowest BCUT2D eigenvalue weighted by molar-refractivity contribution is 0.662. The van der Waals surface area contributed by atoms with E-state index in [1.807, 2.05) is 0 Å². The Bertz CT molecular complexity index is 4260. The molecule has 1 nitrogen and oxygen atoms in total. The van der Waals surface area contributed by atoms with Crippen LogP contribution in [0.25, 0.3) is 44.5 Å². The molecule has 2 aliphatic rings. The number of fused-ring (bicyclic) bond motifs is 6. The fourth-order valence-corrected chi connectivity index (χ4v) is 7.30. The van der Waals surface area contributed by atoms with Crippen molar-refractivity contribution in [1.29, 1.82) is 0 Å². The van der Waals surface area contributed by atoms with Crippen LogP contribution in [-0.4, -0.2) is 0 Å². The summed E-state index contributed by atoms with van der Waals surface area (Å²) in [6.07, 6.45) is 0. The van der Waals surface area contributed by atoms with Crippen molar-refractivity contribution in [3.8, 4) is 44.5 Å². The van der Waals surface area contributed by atoms with Crippen LogP contribution in [0.4, 0.5) is 11.4 Å². The monoisotopic (exact) mass is 709 g/mol. The first-order chi connectivity index (χ1) is 38.9. The summed E-state index contributed by atoms with van der Waals surface area (Å²) in [7, 11) is 0. The van der Waals surface area contributed by atoms with Crippen molar-refractivity contribution in [2.45, 2.75) is 24.7 Å². The predicted octanol–water partition coefficient (Wildman–Crippen LogP) is 13.4. The average Bonchev–Trinajstić information content (AvgIpc) is 1.48. The van der Waals surface area contributed by atoms with Crippen LogP contribution < -0.4 is 5.32 Å². The molecule has 8 aromatic rings. The van der Waals surface area contributed by atoms with Crippen LogP contribution in [0, 0.1) is 0 Å². The SMILES string of the molecule is [2H]c1c(Nc2c([2H])c([2H])c(-c3c([2H])c([2H])c([2H])c4c3C(C)(C)c3c([2H])c([2H])c([2H])c([2H])c3-4)c([2H])c2[2H])cc2c(c1[2H])-c1c(-c3c([2H])c([2H])c([2H])c([2H])c3[2H])c([2H])c([2H])c([2H])c1C2(c1c([2H])c([2H])c([2H])c([2H])c1[2H])c1c([2H])c([2H])c([2H])c([2H])c1[2H]. The highest BCUT2D eigenvalue weighted by Gasteiger charge is 2.47. The molecule has 2 aliphatic carbocycles. The molecule has 1 N–H and O–H groups in total. The number of hydrogen-bond acceptors (Lipinski definition) is 1. The molecule has 10 rings (SSSR count). The molecule has 1 heteroatoms. The lowest BCUT2D eigenvalue weighted by Crippen LogP contribution is -2.28. The van der Waals surface area contributed by atoms with Crippen molar-refractivity contribution in [3.63, 3.8) is 0 Å². The fraction of sp³-hybridized carbons (Fsp3) is 0.0769. The zero-order valence-corrected chi connectivity index (χ0v) is 27.6. The topological polar surface area (TPSA) is 12.0 Å². The van der Waals surface area contributed by atoms with Crippen LogP contribution in [0.1, 0.15) is 89.7 Å². The van der Waals surface area contributed by atoms with E-state index in [1.54, 1.807) is 0 Å². The first-order valence-corrected chi connectivity index (χ1v) is 16.1. The van der Waals surface area contributed by atoms with Crippen LogP contribution in [0.5, 0.6) is 0 Å². The van der Waals surface area contributed by atoms with Crippen molar-refractivity contribution >= 4 is 11.4 Å². The molecule has 0 bridgehead atoms. The molecule has 0 saturated carbocycles. The third-order valence-corrected chi connectivity index (χ3v) is 9.48. The molecule has 0 amide bonds. The summed E-state index contributed by atoms with van der Waals surface area (Å²) in [5.74, 6) is 0. The van der Waals surface area contributed by atoms with Gasteiger partial charge in [-0.15, -0.1) is 0 Å². The van der Waals surface area contributed by atoms with Crippen molar-refractivity contribution < 1.29 is 42.5 Å². The van der Waals surface area contributed by atoms with Gasteiger partial charge in [0, 0.05) is 16.8 Å². The number of nitrogens with one attached hydrogen (secondary N) is 1. The quantitative estimate of drug-likeness (QED) is 0.181. The lowest BCUT2D eigenvalue weighted by atomic mass is 9.67. The van der Waals surface area contributed by atoms with Crippen LogP contribution in [-0.2, 0) is 10.8 Å². The van der Waals surface area contributed by atoms with E-state index in [0.717, 1.165) is 6.07 Å². The first-order valence-electron chi connectivity index (χ1n) is 31.6. The number of anilines is 2. The molecule has 0 radical (unpaired) electrons. The Kier molecular flexibility index (Phi) is 2.94. The second kappa shape index (κ2) is 12.1. The van der Waals surface area contributed by atoms with Gasteiger partial charge in [0.2, 0.25) is 0 Å². The van der Waals surface area contributed by atoms with E-state index in [9.17, 15) is 19.2 Å². The van der Waals surface area contributed by atoms with E-state index in [4.69, 9.17) is 23.3 Å². The number of rotatable bonds is 6. The normalized spacial score (nSPS) is 22.3. The van der Waals surface area contributed by atoms with Crippen molar-refractivity contribution in [2.24, 2.45) is 0 Å². The molecule has 0 spiro atoms. The second-order valence-corrected chi connectivity index (χ2v) is 12.6. The zero-order valence-electron chi connectivity index (χ0n) is 58.6. The van der Waals surface area contributed by atoms with Gasteiger partial charge in [0.05, 0.1) is 47.9 Å². The Hall–Kier alpha value is -6.44. The largest absolute Gasteiger partial charge is 0.356 e. The van der Waals surface area contributed by atoms with Crippen molar-refractivity contribution in [2.75, 3.05) is 5.32 Å². The minimum atomic E-state index is -3.20. The van der Waals surface area contributed by atoms with E-state index in [1.165, 1.54) is 13.8 Å². The van der Waals surface area contributed by atoms with E-state index < -0.39 is 265 Å². The summed E-state index contributed by atoms with van der Waals surface area (Å²) >= 11 is 0. The maximum absolute atomic E-state index is 9.90. The average molecular weight is 709 g/mol. The molecule has 53 heavy (non-hydrogen) atoms. The van der Waals surface area contributed by atoms with Gasteiger partial charge < -0.3 is 5.32 Å². The van der Waals surface area contributed by atoms with Crippen molar-refractivity contribution in [1.82, 2.24) is 0 Å². The molecule has 252 valence electrons. The molecular formula is C52H39N.